The molecular weight excluding hydrogens is 362 g/mol. The van der Waals surface area contributed by atoms with Crippen LogP contribution in [0.4, 0.5) is 26.3 Å². The average Bonchev–Trinajstić information content (AvgIpc) is 2.53. The Morgan fingerprint density at radius 2 is 1.42 bits per heavy atom. The highest BCUT2D eigenvalue weighted by Gasteiger charge is 2.37. The molecule has 0 aliphatic rings. The quantitative estimate of drug-likeness (QED) is 0.513. The van der Waals surface area contributed by atoms with Crippen LogP contribution < -0.4 is 4.74 Å². The molecule has 0 spiro atoms. The van der Waals surface area contributed by atoms with Crippen molar-refractivity contribution in [3.8, 4) is 5.75 Å². The van der Waals surface area contributed by atoms with Crippen LogP contribution in [-0.4, -0.2) is 12.4 Å². The van der Waals surface area contributed by atoms with Gasteiger partial charge in [0.25, 0.3) is 0 Å². The highest BCUT2D eigenvalue weighted by atomic mass is 19.4. The van der Waals surface area contributed by atoms with Crippen molar-refractivity contribution in [3.05, 3.63) is 64.2 Å². The maximum atomic E-state index is 12.8. The van der Waals surface area contributed by atoms with Gasteiger partial charge in [0.05, 0.1) is 11.1 Å². The van der Waals surface area contributed by atoms with Crippen LogP contribution >= 0.6 is 0 Å². The molecule has 0 radical (unpaired) electrons. The summed E-state index contributed by atoms with van der Waals surface area (Å²) in [6, 6.07) is 5.91. The van der Waals surface area contributed by atoms with E-state index in [-0.39, 0.29) is 6.07 Å². The SMILES string of the molecule is Cc1ccc(C)c(C(=O)COc2cc(C(F)(F)F)cc(C(F)(F)F)c2)c1. The summed E-state index contributed by atoms with van der Waals surface area (Å²) in [5.41, 5.74) is -1.28. The third kappa shape index (κ3) is 4.77. The van der Waals surface area contributed by atoms with Crippen molar-refractivity contribution in [1.29, 1.82) is 0 Å². The lowest BCUT2D eigenvalue weighted by Crippen LogP contribution is -2.15. The van der Waals surface area contributed by atoms with E-state index < -0.39 is 41.6 Å². The highest BCUT2D eigenvalue weighted by molar-refractivity contribution is 5.98. The van der Waals surface area contributed by atoms with Gasteiger partial charge >= 0.3 is 12.4 Å². The summed E-state index contributed by atoms with van der Waals surface area (Å²) in [4.78, 5) is 12.2. The number of carbonyl (C=O) groups is 1. The van der Waals surface area contributed by atoms with Crippen LogP contribution in [-0.2, 0) is 12.4 Å². The molecule has 0 saturated carbocycles. The number of hydrogen-bond acceptors (Lipinski definition) is 2. The van der Waals surface area contributed by atoms with Crippen LogP contribution in [0.1, 0.15) is 32.6 Å². The van der Waals surface area contributed by atoms with Crippen molar-refractivity contribution in [2.75, 3.05) is 6.61 Å². The molecule has 140 valence electrons. The monoisotopic (exact) mass is 376 g/mol. The molecule has 8 heteroatoms. The number of ether oxygens (including phenoxy) is 1. The summed E-state index contributed by atoms with van der Waals surface area (Å²) in [5, 5.41) is 0. The third-order valence-electron chi connectivity index (χ3n) is 3.62. The predicted octanol–water partition coefficient (Wildman–Crippen LogP) is 5.60. The minimum Gasteiger partial charge on any atom is -0.485 e. The van der Waals surface area contributed by atoms with Crippen LogP contribution in [0.2, 0.25) is 0 Å². The Morgan fingerprint density at radius 3 is 1.92 bits per heavy atom. The summed E-state index contributed by atoms with van der Waals surface area (Å²) in [6.07, 6.45) is -9.95. The van der Waals surface area contributed by atoms with Crippen LogP contribution in [0.5, 0.6) is 5.75 Å². The molecule has 0 bridgehead atoms. The molecule has 0 unspecified atom stereocenters. The smallest absolute Gasteiger partial charge is 0.416 e. The summed E-state index contributed by atoms with van der Waals surface area (Å²) in [6.45, 7) is 2.74. The molecule has 0 heterocycles. The lowest BCUT2D eigenvalue weighted by molar-refractivity contribution is -0.143. The summed E-state index contributed by atoms with van der Waals surface area (Å²) in [5.74, 6) is -1.22. The van der Waals surface area contributed by atoms with Gasteiger partial charge in [-0.2, -0.15) is 26.3 Å². The van der Waals surface area contributed by atoms with E-state index in [4.69, 9.17) is 4.74 Å². The first-order valence-corrected chi connectivity index (χ1v) is 7.40. The number of ketones is 1. The molecule has 2 aromatic rings. The van der Waals surface area contributed by atoms with Crippen LogP contribution in [0.3, 0.4) is 0 Å². The number of alkyl halides is 6. The maximum absolute atomic E-state index is 12.8. The molecule has 0 amide bonds. The van der Waals surface area contributed by atoms with Gasteiger partial charge in [0.1, 0.15) is 5.75 Å². The van der Waals surface area contributed by atoms with Gasteiger partial charge in [-0.05, 0) is 43.7 Å². The third-order valence-corrected chi connectivity index (χ3v) is 3.62. The fourth-order valence-corrected chi connectivity index (χ4v) is 2.27. The Kier molecular flexibility index (Phi) is 5.34. The minimum absolute atomic E-state index is 0.000610. The number of rotatable bonds is 4. The lowest BCUT2D eigenvalue weighted by Gasteiger charge is -2.15. The summed E-state index contributed by atoms with van der Waals surface area (Å²) >= 11 is 0. The molecule has 2 rings (SSSR count). The first-order valence-electron chi connectivity index (χ1n) is 7.40. The number of Topliss-reactive ketones (excluding diaryl/α,β-unsaturated/α-hetero) is 1. The second-order valence-corrected chi connectivity index (χ2v) is 5.77. The fourth-order valence-electron chi connectivity index (χ4n) is 2.27. The second kappa shape index (κ2) is 7.01. The van der Waals surface area contributed by atoms with Gasteiger partial charge in [-0.15, -0.1) is 0 Å². The van der Waals surface area contributed by atoms with Gasteiger partial charge in [0, 0.05) is 5.56 Å². The summed E-state index contributed by atoms with van der Waals surface area (Å²) < 4.78 is 81.8. The minimum atomic E-state index is -4.98. The number of hydrogen-bond donors (Lipinski definition) is 0. The summed E-state index contributed by atoms with van der Waals surface area (Å²) in [7, 11) is 0. The van der Waals surface area contributed by atoms with Gasteiger partial charge in [0.15, 0.2) is 12.4 Å². The van der Waals surface area contributed by atoms with Crippen LogP contribution in [0.15, 0.2) is 36.4 Å². The van der Waals surface area contributed by atoms with Gasteiger partial charge in [-0.25, -0.2) is 0 Å². The van der Waals surface area contributed by atoms with Crippen molar-refractivity contribution in [2.24, 2.45) is 0 Å². The normalized spacial score (nSPS) is 12.2. The van der Waals surface area contributed by atoms with Crippen LogP contribution in [0, 0.1) is 13.8 Å². The van der Waals surface area contributed by atoms with Gasteiger partial charge < -0.3 is 4.74 Å². The Labute approximate surface area is 145 Å². The molecule has 2 aromatic carbocycles. The van der Waals surface area contributed by atoms with E-state index in [1.54, 1.807) is 32.0 Å². The molecule has 0 saturated heterocycles. The maximum Gasteiger partial charge on any atom is 0.416 e. The number of aryl methyl sites for hydroxylation is 2. The molecule has 2 nitrogen and oxygen atoms in total. The van der Waals surface area contributed by atoms with Gasteiger partial charge in [-0.1, -0.05) is 17.7 Å². The molecule has 0 aromatic heterocycles. The highest BCUT2D eigenvalue weighted by Crippen LogP contribution is 2.38. The zero-order valence-electron chi connectivity index (χ0n) is 13.8. The first-order chi connectivity index (χ1) is 11.9. The van der Waals surface area contributed by atoms with E-state index in [1.165, 1.54) is 0 Å². The second-order valence-electron chi connectivity index (χ2n) is 5.77. The van der Waals surface area contributed by atoms with E-state index in [9.17, 15) is 31.1 Å². The van der Waals surface area contributed by atoms with Crippen molar-refractivity contribution in [3.63, 3.8) is 0 Å². The van der Waals surface area contributed by atoms with E-state index in [1.807, 2.05) is 0 Å². The molecular formula is C18H14F6O2. The van der Waals surface area contributed by atoms with E-state index in [0.717, 1.165) is 5.56 Å². The zero-order valence-corrected chi connectivity index (χ0v) is 13.8. The predicted molar refractivity (Wildman–Crippen MR) is 82.2 cm³/mol. The zero-order chi connectivity index (χ0) is 19.7. The van der Waals surface area contributed by atoms with E-state index >= 15 is 0 Å². The average molecular weight is 376 g/mol. The number of carbonyl (C=O) groups excluding carboxylic acids is 1. The van der Waals surface area contributed by atoms with Crippen LogP contribution in [0.25, 0.3) is 0 Å². The van der Waals surface area contributed by atoms with Crippen molar-refractivity contribution >= 4 is 5.78 Å². The number of halogens is 6. The van der Waals surface area contributed by atoms with E-state index in [2.05, 4.69) is 0 Å². The van der Waals surface area contributed by atoms with Gasteiger partial charge in [0.2, 0.25) is 0 Å². The Morgan fingerprint density at radius 1 is 0.885 bits per heavy atom. The topological polar surface area (TPSA) is 26.3 Å². The number of benzene rings is 2. The Bertz CT molecular complexity index is 789. The molecule has 0 N–H and O–H groups in total. The van der Waals surface area contributed by atoms with Gasteiger partial charge in [-0.3, -0.25) is 4.79 Å². The van der Waals surface area contributed by atoms with E-state index in [0.29, 0.717) is 23.3 Å². The largest absolute Gasteiger partial charge is 0.485 e. The Hall–Kier alpha value is -2.51. The van der Waals surface area contributed by atoms with Crippen molar-refractivity contribution < 1.29 is 35.9 Å². The molecule has 0 fully saturated rings. The fraction of sp³-hybridized carbons (Fsp3) is 0.278. The Balaban J connectivity index is 2.28. The van der Waals surface area contributed by atoms with Crippen molar-refractivity contribution in [2.45, 2.75) is 26.2 Å². The molecule has 0 atom stereocenters. The molecule has 26 heavy (non-hydrogen) atoms. The standard InChI is InChI=1S/C18H14F6O2/c1-10-3-4-11(2)15(5-10)16(25)9-26-14-7-12(17(19,20)21)6-13(8-14)18(22,23)24/h3-8H,9H2,1-2H3. The van der Waals surface area contributed by atoms with Crippen molar-refractivity contribution in [1.82, 2.24) is 0 Å². The lowest BCUT2D eigenvalue weighted by atomic mass is 10.0. The molecule has 0 aliphatic heterocycles. The molecule has 0 aliphatic carbocycles. The first kappa shape index (κ1) is 19.8.